The molecule has 0 aliphatic heterocycles. The minimum atomic E-state index is 0.701. The van der Waals surface area contributed by atoms with E-state index in [2.05, 4.69) is 94.5 Å². The Kier molecular flexibility index (Phi) is 6.12. The van der Waals surface area contributed by atoms with E-state index in [9.17, 15) is 5.26 Å². The standard InChI is InChI=1S/C42H25N5/c43-23-36-31-10-1-3-13-34(31)42(35-14-4-2-11-32(35)36)29-17-19-39(46-25-29)38-18-16-28(24-45-38)27-8-7-9-30(22-27)47-40-15-6-5-12-33(40)37-26-44-21-20-41(37)47/h1-22,24-26H. The number of rotatable bonds is 4. The van der Waals surface area contributed by atoms with Crippen molar-refractivity contribution in [3.63, 3.8) is 0 Å². The van der Waals surface area contributed by atoms with Gasteiger partial charge in [0.25, 0.3) is 0 Å². The lowest BCUT2D eigenvalue weighted by Gasteiger charge is -2.14. The van der Waals surface area contributed by atoms with Crippen molar-refractivity contribution in [2.24, 2.45) is 0 Å². The molecule has 0 N–H and O–H groups in total. The van der Waals surface area contributed by atoms with Crippen molar-refractivity contribution in [3.05, 3.63) is 158 Å². The van der Waals surface area contributed by atoms with E-state index in [1.54, 1.807) is 0 Å². The summed E-state index contributed by atoms with van der Waals surface area (Å²) < 4.78 is 2.30. The van der Waals surface area contributed by atoms with Crippen molar-refractivity contribution >= 4 is 43.4 Å². The van der Waals surface area contributed by atoms with Crippen molar-refractivity contribution in [1.82, 2.24) is 19.5 Å². The molecule has 0 fully saturated rings. The number of fused-ring (bicyclic) bond motifs is 5. The molecule has 5 nitrogen and oxygen atoms in total. The molecular weight excluding hydrogens is 574 g/mol. The maximum atomic E-state index is 10.0. The summed E-state index contributed by atoms with van der Waals surface area (Å²) in [5.41, 5.74) is 9.87. The van der Waals surface area contributed by atoms with Gasteiger partial charge in [0.1, 0.15) is 6.07 Å². The largest absolute Gasteiger partial charge is 0.309 e. The zero-order valence-corrected chi connectivity index (χ0v) is 25.2. The number of benzene rings is 5. The lowest BCUT2D eigenvalue weighted by molar-refractivity contribution is 1.17. The lowest BCUT2D eigenvalue weighted by atomic mass is 9.89. The molecule has 9 rings (SSSR count). The number of pyridine rings is 3. The van der Waals surface area contributed by atoms with E-state index in [1.807, 2.05) is 73.3 Å². The fraction of sp³-hybridized carbons (Fsp3) is 0. The van der Waals surface area contributed by atoms with Crippen molar-refractivity contribution in [3.8, 4) is 45.4 Å². The molecule has 0 spiro atoms. The zero-order valence-electron chi connectivity index (χ0n) is 25.2. The Balaban J connectivity index is 1.07. The van der Waals surface area contributed by atoms with Crippen LogP contribution in [0.25, 0.3) is 82.7 Å². The van der Waals surface area contributed by atoms with Crippen LogP contribution in [0.3, 0.4) is 0 Å². The highest BCUT2D eigenvalue weighted by Gasteiger charge is 2.16. The van der Waals surface area contributed by atoms with E-state index in [4.69, 9.17) is 9.97 Å². The highest BCUT2D eigenvalue weighted by atomic mass is 15.0. The van der Waals surface area contributed by atoms with Gasteiger partial charge in [0.05, 0.1) is 28.0 Å². The van der Waals surface area contributed by atoms with Crippen LogP contribution >= 0.6 is 0 Å². The molecule has 47 heavy (non-hydrogen) atoms. The van der Waals surface area contributed by atoms with E-state index in [-0.39, 0.29) is 0 Å². The summed E-state index contributed by atoms with van der Waals surface area (Å²) in [6, 6.07) is 46.0. The van der Waals surface area contributed by atoms with Gasteiger partial charge in [0.2, 0.25) is 0 Å². The van der Waals surface area contributed by atoms with Gasteiger partial charge in [-0.3, -0.25) is 15.0 Å². The normalized spacial score (nSPS) is 11.4. The van der Waals surface area contributed by atoms with Crippen molar-refractivity contribution in [2.75, 3.05) is 0 Å². The second-order valence-electron chi connectivity index (χ2n) is 11.6. The predicted molar refractivity (Wildman–Crippen MR) is 190 cm³/mol. The summed E-state index contributed by atoms with van der Waals surface area (Å²) in [6.07, 6.45) is 7.62. The van der Waals surface area contributed by atoms with Gasteiger partial charge in [-0.05, 0) is 58.3 Å². The molecule has 218 valence electrons. The summed E-state index contributed by atoms with van der Waals surface area (Å²) in [6.45, 7) is 0. The molecule has 5 aromatic carbocycles. The van der Waals surface area contributed by atoms with Gasteiger partial charge < -0.3 is 4.57 Å². The average molecular weight is 600 g/mol. The van der Waals surface area contributed by atoms with Gasteiger partial charge in [-0.15, -0.1) is 0 Å². The number of para-hydroxylation sites is 1. The smallest absolute Gasteiger partial charge is 0.100 e. The van der Waals surface area contributed by atoms with E-state index >= 15 is 0 Å². The number of nitrogens with zero attached hydrogens (tertiary/aromatic N) is 5. The summed E-state index contributed by atoms with van der Waals surface area (Å²) in [4.78, 5) is 14.1. The first-order chi connectivity index (χ1) is 23.3. The maximum absolute atomic E-state index is 10.0. The monoisotopic (exact) mass is 599 g/mol. The van der Waals surface area contributed by atoms with E-state index in [0.29, 0.717) is 5.56 Å². The molecule has 0 aliphatic carbocycles. The Labute approximate surface area is 270 Å². The van der Waals surface area contributed by atoms with Crippen LogP contribution in [0.1, 0.15) is 5.56 Å². The fourth-order valence-electron chi connectivity index (χ4n) is 6.89. The summed E-state index contributed by atoms with van der Waals surface area (Å²) in [5, 5.41) is 16.3. The molecule has 0 unspecified atom stereocenters. The SMILES string of the molecule is N#Cc1c2ccccc2c(-c2ccc(-c3ccc(-c4cccc(-n5c6ccccc6c6cnccc65)c4)cn3)nc2)c2ccccc12. The minimum absolute atomic E-state index is 0.701. The first-order valence-electron chi connectivity index (χ1n) is 15.5. The third-order valence-electron chi connectivity index (χ3n) is 9.03. The molecule has 0 aliphatic rings. The number of hydrogen-bond donors (Lipinski definition) is 0. The molecule has 0 bridgehead atoms. The van der Waals surface area contributed by atoms with Gasteiger partial charge in [0.15, 0.2) is 0 Å². The van der Waals surface area contributed by atoms with Gasteiger partial charge in [-0.2, -0.15) is 5.26 Å². The zero-order chi connectivity index (χ0) is 31.3. The third kappa shape index (κ3) is 4.28. The topological polar surface area (TPSA) is 67.4 Å². The lowest BCUT2D eigenvalue weighted by Crippen LogP contribution is -1.94. The highest BCUT2D eigenvalue weighted by Crippen LogP contribution is 2.39. The van der Waals surface area contributed by atoms with Crippen molar-refractivity contribution in [2.45, 2.75) is 0 Å². The van der Waals surface area contributed by atoms with Crippen LogP contribution in [-0.2, 0) is 0 Å². The van der Waals surface area contributed by atoms with E-state index < -0.39 is 0 Å². The van der Waals surface area contributed by atoms with Gasteiger partial charge >= 0.3 is 0 Å². The first kappa shape index (κ1) is 26.7. The van der Waals surface area contributed by atoms with Gasteiger partial charge in [-0.1, -0.05) is 91.0 Å². The maximum Gasteiger partial charge on any atom is 0.100 e. The molecule has 9 aromatic rings. The molecule has 4 heterocycles. The van der Waals surface area contributed by atoms with Crippen LogP contribution in [0, 0.1) is 11.3 Å². The molecule has 0 saturated carbocycles. The first-order valence-corrected chi connectivity index (χ1v) is 15.5. The van der Waals surface area contributed by atoms with Crippen LogP contribution < -0.4 is 0 Å². The third-order valence-corrected chi connectivity index (χ3v) is 9.03. The highest BCUT2D eigenvalue weighted by molar-refractivity contribution is 6.16. The van der Waals surface area contributed by atoms with Gasteiger partial charge in [0, 0.05) is 63.1 Å². The Morgan fingerprint density at radius 1 is 0.489 bits per heavy atom. The van der Waals surface area contributed by atoms with E-state index in [1.165, 1.54) is 5.39 Å². The van der Waals surface area contributed by atoms with E-state index in [0.717, 1.165) is 77.3 Å². The van der Waals surface area contributed by atoms with Crippen molar-refractivity contribution < 1.29 is 0 Å². The molecule has 0 saturated heterocycles. The van der Waals surface area contributed by atoms with Crippen LogP contribution in [0.4, 0.5) is 0 Å². The predicted octanol–water partition coefficient (Wildman–Crippen LogP) is 10.1. The molecular formula is C42H25N5. The quantitative estimate of drug-likeness (QED) is 0.189. The summed E-state index contributed by atoms with van der Waals surface area (Å²) in [7, 11) is 0. The molecule has 0 radical (unpaired) electrons. The molecule has 0 amide bonds. The van der Waals surface area contributed by atoms with Crippen molar-refractivity contribution in [1.29, 1.82) is 5.26 Å². The van der Waals surface area contributed by atoms with Crippen LogP contribution in [0.2, 0.25) is 0 Å². The Bertz CT molecular complexity index is 2570. The Hall–Kier alpha value is -6.64. The second kappa shape index (κ2) is 10.8. The average Bonchev–Trinajstić information content (AvgIpc) is 3.48. The molecule has 5 heteroatoms. The fourth-order valence-corrected chi connectivity index (χ4v) is 6.89. The van der Waals surface area contributed by atoms with Crippen LogP contribution in [-0.4, -0.2) is 19.5 Å². The van der Waals surface area contributed by atoms with Crippen LogP contribution in [0.15, 0.2) is 152 Å². The molecule has 0 atom stereocenters. The number of hydrogen-bond acceptors (Lipinski definition) is 4. The summed E-state index contributed by atoms with van der Waals surface area (Å²) in [5.74, 6) is 0. The van der Waals surface area contributed by atoms with Gasteiger partial charge in [-0.25, -0.2) is 0 Å². The van der Waals surface area contributed by atoms with Crippen LogP contribution in [0.5, 0.6) is 0 Å². The minimum Gasteiger partial charge on any atom is -0.309 e. The Morgan fingerprint density at radius 2 is 1.11 bits per heavy atom. The Morgan fingerprint density at radius 3 is 1.77 bits per heavy atom. The number of nitriles is 1. The molecule has 4 aromatic heterocycles. The summed E-state index contributed by atoms with van der Waals surface area (Å²) >= 11 is 0. The number of aromatic nitrogens is 4. The second-order valence-corrected chi connectivity index (χ2v) is 11.6.